The highest BCUT2D eigenvalue weighted by molar-refractivity contribution is 5.94. The number of rotatable bonds is 7. The number of amides is 1. The van der Waals surface area contributed by atoms with Crippen LogP contribution in [0.5, 0.6) is 11.5 Å². The number of hydrogen-bond donors (Lipinski definition) is 1. The van der Waals surface area contributed by atoms with Gasteiger partial charge in [0.1, 0.15) is 0 Å². The Bertz CT molecular complexity index is 708. The van der Waals surface area contributed by atoms with Crippen LogP contribution in [0.25, 0.3) is 5.57 Å². The van der Waals surface area contributed by atoms with Gasteiger partial charge < -0.3 is 14.8 Å². The van der Waals surface area contributed by atoms with E-state index in [1.54, 1.807) is 20.3 Å². The molecule has 2 aromatic rings. The van der Waals surface area contributed by atoms with Gasteiger partial charge in [-0.3, -0.25) is 4.79 Å². The van der Waals surface area contributed by atoms with Crippen LogP contribution in [-0.2, 0) is 11.2 Å². The highest BCUT2D eigenvalue weighted by Gasteiger charge is 2.05. The van der Waals surface area contributed by atoms with E-state index in [0.717, 1.165) is 23.1 Å². The third-order valence-corrected chi connectivity index (χ3v) is 3.74. The first kappa shape index (κ1) is 17.6. The quantitative estimate of drug-likeness (QED) is 0.793. The molecule has 0 aliphatic carbocycles. The molecule has 126 valence electrons. The molecule has 0 aliphatic heterocycles. The minimum Gasteiger partial charge on any atom is -0.493 e. The van der Waals surface area contributed by atoms with Crippen LogP contribution in [-0.4, -0.2) is 26.7 Å². The van der Waals surface area contributed by atoms with Gasteiger partial charge in [0.2, 0.25) is 5.91 Å². The molecule has 4 heteroatoms. The molecule has 24 heavy (non-hydrogen) atoms. The molecule has 0 aliphatic rings. The van der Waals surface area contributed by atoms with Crippen LogP contribution in [0.15, 0.2) is 54.6 Å². The molecule has 0 aromatic heterocycles. The summed E-state index contributed by atoms with van der Waals surface area (Å²) in [4.78, 5) is 12.0. The fourth-order valence-corrected chi connectivity index (χ4v) is 2.40. The molecule has 0 spiro atoms. The van der Waals surface area contributed by atoms with Crippen molar-refractivity contribution in [1.29, 1.82) is 0 Å². The molecule has 0 radical (unpaired) electrons. The summed E-state index contributed by atoms with van der Waals surface area (Å²) >= 11 is 0. The molecule has 0 heterocycles. The lowest BCUT2D eigenvalue weighted by Gasteiger charge is -2.10. The van der Waals surface area contributed by atoms with Crippen LogP contribution in [0, 0.1) is 0 Å². The molecule has 0 saturated heterocycles. The molecule has 2 aromatic carbocycles. The van der Waals surface area contributed by atoms with Crippen LogP contribution in [0.3, 0.4) is 0 Å². The van der Waals surface area contributed by atoms with Gasteiger partial charge >= 0.3 is 0 Å². The maximum Gasteiger partial charge on any atom is 0.244 e. The maximum atomic E-state index is 12.0. The Morgan fingerprint density at radius 3 is 2.42 bits per heavy atom. The van der Waals surface area contributed by atoms with Gasteiger partial charge in [0.15, 0.2) is 11.5 Å². The number of carbonyl (C=O) groups excluding carboxylic acids is 1. The average molecular weight is 325 g/mol. The van der Waals surface area contributed by atoms with Crippen molar-refractivity contribution in [1.82, 2.24) is 5.32 Å². The van der Waals surface area contributed by atoms with E-state index in [2.05, 4.69) is 5.32 Å². The van der Waals surface area contributed by atoms with Gasteiger partial charge in [-0.05, 0) is 42.2 Å². The maximum absolute atomic E-state index is 12.0. The van der Waals surface area contributed by atoms with E-state index in [-0.39, 0.29) is 5.91 Å². The van der Waals surface area contributed by atoms with Crippen molar-refractivity contribution < 1.29 is 14.3 Å². The topological polar surface area (TPSA) is 47.6 Å². The zero-order chi connectivity index (χ0) is 17.4. The standard InChI is InChI=1S/C20H23NO3/c1-15(17-7-5-4-6-8-17)13-20(22)21-12-11-16-9-10-18(23-2)19(14-16)24-3/h4-10,13-14H,11-12H2,1-3H3,(H,21,22)/b15-13+. The van der Waals surface area contributed by atoms with Crippen molar-refractivity contribution >= 4 is 11.5 Å². The van der Waals surface area contributed by atoms with Crippen molar-refractivity contribution in [3.8, 4) is 11.5 Å². The predicted molar refractivity (Wildman–Crippen MR) is 96.4 cm³/mol. The van der Waals surface area contributed by atoms with Crippen LogP contribution >= 0.6 is 0 Å². The Morgan fingerprint density at radius 1 is 1.04 bits per heavy atom. The van der Waals surface area contributed by atoms with Gasteiger partial charge in [-0.2, -0.15) is 0 Å². The lowest BCUT2D eigenvalue weighted by Crippen LogP contribution is -2.23. The molecule has 0 fully saturated rings. The van der Waals surface area contributed by atoms with Gasteiger partial charge in [0.05, 0.1) is 14.2 Å². The van der Waals surface area contributed by atoms with Gasteiger partial charge in [-0.1, -0.05) is 36.4 Å². The van der Waals surface area contributed by atoms with Crippen molar-refractivity contribution in [2.45, 2.75) is 13.3 Å². The predicted octanol–water partition coefficient (Wildman–Crippen LogP) is 3.47. The summed E-state index contributed by atoms with van der Waals surface area (Å²) in [7, 11) is 3.22. The lowest BCUT2D eigenvalue weighted by atomic mass is 10.1. The number of carbonyl (C=O) groups is 1. The Labute approximate surface area is 143 Å². The highest BCUT2D eigenvalue weighted by Crippen LogP contribution is 2.27. The van der Waals surface area contributed by atoms with E-state index in [0.29, 0.717) is 18.0 Å². The minimum absolute atomic E-state index is 0.0863. The fourth-order valence-electron chi connectivity index (χ4n) is 2.40. The molecule has 4 nitrogen and oxygen atoms in total. The molecular formula is C20H23NO3. The molecule has 0 saturated carbocycles. The fraction of sp³-hybridized carbons (Fsp3) is 0.250. The van der Waals surface area contributed by atoms with Crippen molar-refractivity contribution in [3.05, 3.63) is 65.7 Å². The molecule has 1 amide bonds. The van der Waals surface area contributed by atoms with E-state index in [9.17, 15) is 4.79 Å². The van der Waals surface area contributed by atoms with E-state index >= 15 is 0 Å². The smallest absolute Gasteiger partial charge is 0.244 e. The molecule has 0 atom stereocenters. The number of methoxy groups -OCH3 is 2. The first-order chi connectivity index (χ1) is 11.6. The van der Waals surface area contributed by atoms with E-state index in [4.69, 9.17) is 9.47 Å². The molecule has 2 rings (SSSR count). The second-order valence-electron chi connectivity index (χ2n) is 5.42. The SMILES string of the molecule is COc1ccc(CCNC(=O)/C=C(\C)c2ccccc2)cc1OC. The van der Waals surface area contributed by atoms with Crippen LogP contribution in [0.1, 0.15) is 18.1 Å². The first-order valence-electron chi connectivity index (χ1n) is 7.86. The number of allylic oxidation sites excluding steroid dienone is 1. The molecule has 0 bridgehead atoms. The summed E-state index contributed by atoms with van der Waals surface area (Å²) in [6.45, 7) is 2.50. The number of nitrogens with one attached hydrogen (secondary N) is 1. The van der Waals surface area contributed by atoms with Gasteiger partial charge in [0.25, 0.3) is 0 Å². The lowest BCUT2D eigenvalue weighted by molar-refractivity contribution is -0.116. The van der Waals surface area contributed by atoms with E-state index < -0.39 is 0 Å². The zero-order valence-corrected chi connectivity index (χ0v) is 14.3. The number of ether oxygens (including phenoxy) is 2. The average Bonchev–Trinajstić information content (AvgIpc) is 2.62. The second-order valence-corrected chi connectivity index (χ2v) is 5.42. The van der Waals surface area contributed by atoms with Crippen molar-refractivity contribution in [2.24, 2.45) is 0 Å². The summed E-state index contributed by atoms with van der Waals surface area (Å²) in [5.74, 6) is 1.31. The Balaban J connectivity index is 1.89. The highest BCUT2D eigenvalue weighted by atomic mass is 16.5. The van der Waals surface area contributed by atoms with Crippen molar-refractivity contribution in [3.63, 3.8) is 0 Å². The molecule has 1 N–H and O–H groups in total. The van der Waals surface area contributed by atoms with Crippen LogP contribution in [0.4, 0.5) is 0 Å². The summed E-state index contributed by atoms with van der Waals surface area (Å²) in [5.41, 5.74) is 3.07. The summed E-state index contributed by atoms with van der Waals surface area (Å²) in [6.07, 6.45) is 2.36. The Morgan fingerprint density at radius 2 is 1.75 bits per heavy atom. The molecular weight excluding hydrogens is 302 g/mol. The summed E-state index contributed by atoms with van der Waals surface area (Å²) in [6, 6.07) is 15.6. The van der Waals surface area contributed by atoms with Crippen LogP contribution < -0.4 is 14.8 Å². The second kappa shape index (κ2) is 8.77. The van der Waals surface area contributed by atoms with E-state index in [1.165, 1.54) is 0 Å². The number of hydrogen-bond acceptors (Lipinski definition) is 3. The zero-order valence-electron chi connectivity index (χ0n) is 14.3. The van der Waals surface area contributed by atoms with E-state index in [1.807, 2.05) is 55.5 Å². The minimum atomic E-state index is -0.0863. The Kier molecular flexibility index (Phi) is 6.43. The third kappa shape index (κ3) is 4.88. The van der Waals surface area contributed by atoms with Gasteiger partial charge in [-0.25, -0.2) is 0 Å². The monoisotopic (exact) mass is 325 g/mol. The van der Waals surface area contributed by atoms with Gasteiger partial charge in [0, 0.05) is 12.6 Å². The Hall–Kier alpha value is -2.75. The summed E-state index contributed by atoms with van der Waals surface area (Å²) < 4.78 is 10.5. The van der Waals surface area contributed by atoms with Crippen molar-refractivity contribution in [2.75, 3.05) is 20.8 Å². The largest absolute Gasteiger partial charge is 0.493 e. The van der Waals surface area contributed by atoms with Crippen LogP contribution in [0.2, 0.25) is 0 Å². The third-order valence-electron chi connectivity index (χ3n) is 3.74. The summed E-state index contributed by atoms with van der Waals surface area (Å²) in [5, 5.41) is 2.91. The normalized spacial score (nSPS) is 11.0. The molecule has 0 unspecified atom stereocenters. The number of benzene rings is 2. The van der Waals surface area contributed by atoms with Gasteiger partial charge in [-0.15, -0.1) is 0 Å². The first-order valence-corrected chi connectivity index (χ1v) is 7.86.